The third-order valence-electron chi connectivity index (χ3n) is 3.23. The van der Waals surface area contributed by atoms with Gasteiger partial charge in [-0.25, -0.2) is 0 Å². The predicted octanol–water partition coefficient (Wildman–Crippen LogP) is 1.99. The number of aliphatic hydroxyl groups is 1. The summed E-state index contributed by atoms with van der Waals surface area (Å²) in [6.45, 7) is 8.27. The summed E-state index contributed by atoms with van der Waals surface area (Å²) in [5.74, 6) is -1.07. The minimum atomic E-state index is -4.86. The van der Waals surface area contributed by atoms with Crippen LogP contribution in [0.5, 0.6) is 0 Å². The van der Waals surface area contributed by atoms with E-state index in [9.17, 15) is 27.9 Å². The summed E-state index contributed by atoms with van der Waals surface area (Å²) in [7, 11) is 0. The maximum Gasteiger partial charge on any atom is 0.418 e. The van der Waals surface area contributed by atoms with Gasteiger partial charge in [-0.15, -0.1) is 0 Å². The average Bonchev–Trinajstić information content (AvgIpc) is 2.31. The molecule has 0 spiro atoms. The van der Waals surface area contributed by atoms with E-state index in [0.29, 0.717) is 6.92 Å². The van der Waals surface area contributed by atoms with Crippen molar-refractivity contribution >= 4 is 11.8 Å². The number of carbonyl (C=O) groups excluding carboxylic acids is 2. The van der Waals surface area contributed by atoms with Crippen LogP contribution in [0, 0.1) is 11.3 Å². The minimum absolute atomic E-state index is 0.0501. The van der Waals surface area contributed by atoms with Crippen molar-refractivity contribution in [3.63, 3.8) is 0 Å². The zero-order valence-electron chi connectivity index (χ0n) is 14.5. The molecule has 23 heavy (non-hydrogen) atoms. The van der Waals surface area contributed by atoms with Gasteiger partial charge in [-0.05, 0) is 19.3 Å². The molecular weight excluding hydrogens is 313 g/mol. The van der Waals surface area contributed by atoms with Gasteiger partial charge in [0.05, 0.1) is 6.54 Å². The first-order valence-corrected chi connectivity index (χ1v) is 7.45. The zero-order chi connectivity index (χ0) is 18.6. The maximum atomic E-state index is 12.6. The molecule has 2 amide bonds. The topological polar surface area (TPSA) is 78.4 Å². The van der Waals surface area contributed by atoms with E-state index in [4.69, 9.17) is 0 Å². The molecule has 0 radical (unpaired) electrons. The van der Waals surface area contributed by atoms with Crippen molar-refractivity contribution in [3.8, 4) is 0 Å². The highest BCUT2D eigenvalue weighted by Gasteiger charge is 2.50. The summed E-state index contributed by atoms with van der Waals surface area (Å²) < 4.78 is 37.8. The fourth-order valence-corrected chi connectivity index (χ4v) is 1.56. The van der Waals surface area contributed by atoms with E-state index in [-0.39, 0.29) is 18.2 Å². The Labute approximate surface area is 135 Å². The van der Waals surface area contributed by atoms with E-state index in [1.807, 2.05) is 13.8 Å². The first-order valence-electron chi connectivity index (χ1n) is 7.45. The lowest BCUT2D eigenvalue weighted by Gasteiger charge is -2.29. The lowest BCUT2D eigenvalue weighted by atomic mass is 9.94. The molecule has 5 nitrogen and oxygen atoms in total. The van der Waals surface area contributed by atoms with E-state index in [2.05, 4.69) is 10.6 Å². The molecule has 0 rings (SSSR count). The second-order valence-corrected chi connectivity index (χ2v) is 7.40. The second-order valence-electron chi connectivity index (χ2n) is 7.40. The van der Waals surface area contributed by atoms with Crippen molar-refractivity contribution in [3.05, 3.63) is 0 Å². The molecule has 8 heteroatoms. The van der Waals surface area contributed by atoms with Crippen LogP contribution in [0.4, 0.5) is 13.2 Å². The van der Waals surface area contributed by atoms with E-state index >= 15 is 0 Å². The number of hydrogen-bond acceptors (Lipinski definition) is 3. The first-order chi connectivity index (χ1) is 10.1. The molecule has 0 saturated carbocycles. The summed E-state index contributed by atoms with van der Waals surface area (Å²) >= 11 is 0. The van der Waals surface area contributed by atoms with Gasteiger partial charge in [0.15, 0.2) is 5.60 Å². The van der Waals surface area contributed by atoms with E-state index in [1.54, 1.807) is 20.8 Å². The van der Waals surface area contributed by atoms with Gasteiger partial charge in [0.25, 0.3) is 0 Å². The molecule has 0 aromatic rings. The van der Waals surface area contributed by atoms with Crippen LogP contribution >= 0.6 is 0 Å². The molecular formula is C15H27F3N2O3. The highest BCUT2D eigenvalue weighted by molar-refractivity contribution is 5.89. The van der Waals surface area contributed by atoms with E-state index in [0.717, 1.165) is 0 Å². The van der Waals surface area contributed by atoms with Gasteiger partial charge in [0.2, 0.25) is 11.8 Å². The average molecular weight is 340 g/mol. The fraction of sp³-hybridized carbons (Fsp3) is 0.867. The monoisotopic (exact) mass is 340 g/mol. The van der Waals surface area contributed by atoms with Crippen molar-refractivity contribution < 1.29 is 27.9 Å². The molecule has 0 fully saturated rings. The van der Waals surface area contributed by atoms with Crippen LogP contribution in [0.25, 0.3) is 0 Å². The summed E-state index contributed by atoms with van der Waals surface area (Å²) in [6.07, 6.45) is -4.58. The highest BCUT2D eigenvalue weighted by atomic mass is 19.4. The van der Waals surface area contributed by atoms with Crippen LogP contribution in [-0.2, 0) is 9.59 Å². The molecule has 2 atom stereocenters. The summed E-state index contributed by atoms with van der Waals surface area (Å²) in [4.78, 5) is 24.1. The lowest BCUT2D eigenvalue weighted by molar-refractivity contribution is -0.250. The molecule has 0 aromatic carbocycles. The van der Waals surface area contributed by atoms with E-state index < -0.39 is 35.7 Å². The Kier molecular flexibility index (Phi) is 7.08. The Morgan fingerprint density at radius 1 is 1.09 bits per heavy atom. The number of hydrogen-bond donors (Lipinski definition) is 3. The number of halogens is 3. The maximum absolute atomic E-state index is 12.6. The molecule has 0 aliphatic rings. The largest absolute Gasteiger partial charge is 0.418 e. The second kappa shape index (κ2) is 7.51. The molecule has 0 aromatic heterocycles. The van der Waals surface area contributed by atoms with Gasteiger partial charge in [-0.3, -0.25) is 9.59 Å². The molecule has 0 bridgehead atoms. The van der Waals surface area contributed by atoms with Crippen LogP contribution in [0.3, 0.4) is 0 Å². The molecule has 0 aliphatic heterocycles. The predicted molar refractivity (Wildman–Crippen MR) is 80.5 cm³/mol. The smallest absolute Gasteiger partial charge is 0.379 e. The van der Waals surface area contributed by atoms with Crippen LogP contribution in [-0.4, -0.2) is 41.3 Å². The highest BCUT2D eigenvalue weighted by Crippen LogP contribution is 2.29. The lowest BCUT2D eigenvalue weighted by Crippen LogP contribution is -2.56. The zero-order valence-corrected chi connectivity index (χ0v) is 14.5. The Hall–Kier alpha value is -1.31. The standard InChI is InChI=1S/C15H27F3N2O3/c1-9(2)7-10(20-12(22)13(3,4)5)11(21)19-8-14(6,23)15(16,17)18/h9-10,23H,7-8H2,1-6H3,(H,19,21)(H,20,22)/t10-,14-/m0/s1. The molecule has 0 saturated heterocycles. The Morgan fingerprint density at radius 3 is 1.91 bits per heavy atom. The van der Waals surface area contributed by atoms with Crippen LogP contribution in [0.2, 0.25) is 0 Å². The molecule has 3 N–H and O–H groups in total. The van der Waals surface area contributed by atoms with Crippen molar-refractivity contribution in [2.45, 2.75) is 65.8 Å². The Morgan fingerprint density at radius 2 is 1.57 bits per heavy atom. The van der Waals surface area contributed by atoms with Crippen molar-refractivity contribution in [1.29, 1.82) is 0 Å². The summed E-state index contributed by atoms with van der Waals surface area (Å²) in [5, 5.41) is 14.0. The van der Waals surface area contributed by atoms with Crippen LogP contribution < -0.4 is 10.6 Å². The third-order valence-corrected chi connectivity index (χ3v) is 3.23. The fourth-order valence-electron chi connectivity index (χ4n) is 1.56. The Bertz CT molecular complexity index is 427. The number of carbonyl (C=O) groups is 2. The normalized spacial score (nSPS) is 16.7. The van der Waals surface area contributed by atoms with Gasteiger partial charge in [0.1, 0.15) is 6.04 Å². The number of alkyl halides is 3. The first kappa shape index (κ1) is 21.7. The Balaban J connectivity index is 4.93. The number of nitrogens with one attached hydrogen (secondary N) is 2. The quantitative estimate of drug-likeness (QED) is 0.692. The number of amides is 2. The van der Waals surface area contributed by atoms with Gasteiger partial charge in [0, 0.05) is 5.41 Å². The molecule has 0 unspecified atom stereocenters. The van der Waals surface area contributed by atoms with Crippen molar-refractivity contribution in [2.75, 3.05) is 6.54 Å². The third kappa shape index (κ3) is 7.20. The van der Waals surface area contributed by atoms with Gasteiger partial charge in [-0.1, -0.05) is 34.6 Å². The molecule has 0 aliphatic carbocycles. The van der Waals surface area contributed by atoms with Gasteiger partial charge >= 0.3 is 6.18 Å². The summed E-state index contributed by atoms with van der Waals surface area (Å²) in [5.41, 5.74) is -3.76. The van der Waals surface area contributed by atoms with Crippen LogP contribution in [0.1, 0.15) is 48.0 Å². The molecule has 0 heterocycles. The summed E-state index contributed by atoms with van der Waals surface area (Å²) in [6, 6.07) is -0.953. The molecule has 136 valence electrons. The van der Waals surface area contributed by atoms with E-state index in [1.165, 1.54) is 0 Å². The SMILES string of the molecule is CC(C)C[C@H](NC(=O)C(C)(C)C)C(=O)NC[C@](C)(O)C(F)(F)F. The number of rotatable bonds is 6. The van der Waals surface area contributed by atoms with Crippen molar-refractivity contribution in [2.24, 2.45) is 11.3 Å². The minimum Gasteiger partial charge on any atom is -0.379 e. The van der Waals surface area contributed by atoms with Gasteiger partial charge < -0.3 is 15.7 Å². The van der Waals surface area contributed by atoms with Crippen LogP contribution in [0.15, 0.2) is 0 Å². The van der Waals surface area contributed by atoms with Crippen molar-refractivity contribution in [1.82, 2.24) is 10.6 Å². The van der Waals surface area contributed by atoms with Gasteiger partial charge in [-0.2, -0.15) is 13.2 Å².